The van der Waals surface area contributed by atoms with Crippen LogP contribution < -0.4 is 4.90 Å². The highest BCUT2D eigenvalue weighted by molar-refractivity contribution is 7.99. The van der Waals surface area contributed by atoms with Crippen LogP contribution in [-0.2, 0) is 4.79 Å². The number of rotatable bonds is 4. The molecule has 0 unspecified atom stereocenters. The van der Waals surface area contributed by atoms with Gasteiger partial charge in [0.1, 0.15) is 5.82 Å². The highest BCUT2D eigenvalue weighted by Crippen LogP contribution is 2.21. The fourth-order valence-electron chi connectivity index (χ4n) is 3.69. The molecule has 24 heavy (non-hydrogen) atoms. The third kappa shape index (κ3) is 4.22. The molecule has 3 rings (SSSR count). The number of likely N-dealkylation sites (tertiary alicyclic amines) is 1. The molecule has 0 aromatic heterocycles. The molecule has 0 N–H and O–H groups in total. The second-order valence-electron chi connectivity index (χ2n) is 6.57. The third-order valence-corrected chi connectivity index (χ3v) is 5.58. The molecular formula is C18H26FN3OS. The van der Waals surface area contributed by atoms with Crippen LogP contribution in [0.3, 0.4) is 0 Å². The van der Waals surface area contributed by atoms with Crippen molar-refractivity contribution < 1.29 is 9.18 Å². The van der Waals surface area contributed by atoms with E-state index in [2.05, 4.69) is 9.80 Å². The van der Waals surface area contributed by atoms with Gasteiger partial charge in [0.05, 0.1) is 5.75 Å². The molecule has 0 saturated carbocycles. The highest BCUT2D eigenvalue weighted by Gasteiger charge is 2.29. The van der Waals surface area contributed by atoms with Crippen molar-refractivity contribution in [2.75, 3.05) is 56.2 Å². The normalized spacial score (nSPS) is 22.7. The molecule has 2 aliphatic rings. The molecule has 1 amide bonds. The highest BCUT2D eigenvalue weighted by atomic mass is 32.2. The molecular weight excluding hydrogens is 325 g/mol. The quantitative estimate of drug-likeness (QED) is 0.832. The molecule has 1 aromatic rings. The summed E-state index contributed by atoms with van der Waals surface area (Å²) in [5, 5.41) is 0. The zero-order valence-corrected chi connectivity index (χ0v) is 15.1. The van der Waals surface area contributed by atoms with Crippen molar-refractivity contribution in [3.8, 4) is 0 Å². The number of carbonyl (C=O) groups is 1. The monoisotopic (exact) mass is 351 g/mol. The van der Waals surface area contributed by atoms with Crippen LogP contribution in [0.4, 0.5) is 10.1 Å². The van der Waals surface area contributed by atoms with Crippen molar-refractivity contribution in [2.24, 2.45) is 0 Å². The van der Waals surface area contributed by atoms with E-state index < -0.39 is 0 Å². The SMILES string of the molecule is CSCC(=O)N1CCC[C@@H](N2CCN(c3ccc(F)cc3)CC2)C1. The number of hydrogen-bond acceptors (Lipinski definition) is 4. The summed E-state index contributed by atoms with van der Waals surface area (Å²) in [6.45, 7) is 5.71. The van der Waals surface area contributed by atoms with Gasteiger partial charge in [0, 0.05) is 51.0 Å². The zero-order chi connectivity index (χ0) is 16.9. The molecule has 6 heteroatoms. The number of carbonyl (C=O) groups excluding carboxylic acids is 1. The fraction of sp³-hybridized carbons (Fsp3) is 0.611. The second-order valence-corrected chi connectivity index (χ2v) is 7.43. The Labute approximate surface area is 148 Å². The van der Waals surface area contributed by atoms with Gasteiger partial charge in [0.2, 0.25) is 5.91 Å². The lowest BCUT2D eigenvalue weighted by atomic mass is 10.0. The Kier molecular flexibility index (Phi) is 6.00. The largest absolute Gasteiger partial charge is 0.369 e. The number of nitrogens with zero attached hydrogens (tertiary/aromatic N) is 3. The van der Waals surface area contributed by atoms with E-state index in [1.165, 1.54) is 18.6 Å². The maximum atomic E-state index is 13.1. The topological polar surface area (TPSA) is 26.8 Å². The van der Waals surface area contributed by atoms with Gasteiger partial charge in [-0.15, -0.1) is 0 Å². The van der Waals surface area contributed by atoms with Crippen LogP contribution in [0.5, 0.6) is 0 Å². The molecule has 2 saturated heterocycles. The first-order valence-corrected chi connectivity index (χ1v) is 10.1. The molecule has 0 aliphatic carbocycles. The predicted molar refractivity (Wildman–Crippen MR) is 98.2 cm³/mol. The Bertz CT molecular complexity index is 546. The van der Waals surface area contributed by atoms with E-state index in [0.717, 1.165) is 51.4 Å². The average molecular weight is 351 g/mol. The minimum Gasteiger partial charge on any atom is -0.369 e. The maximum Gasteiger partial charge on any atom is 0.232 e. The molecule has 2 aliphatic heterocycles. The number of piperazine rings is 1. The lowest BCUT2D eigenvalue weighted by Gasteiger charge is -2.44. The van der Waals surface area contributed by atoms with Crippen LogP contribution in [0.1, 0.15) is 12.8 Å². The van der Waals surface area contributed by atoms with E-state index in [9.17, 15) is 9.18 Å². The van der Waals surface area contributed by atoms with E-state index in [-0.39, 0.29) is 11.7 Å². The standard InChI is InChI=1S/C18H26FN3OS/c1-24-14-18(23)22-8-2-3-17(13-22)21-11-9-20(10-12-21)16-6-4-15(19)5-7-16/h4-7,17H,2-3,8-14H2,1H3/t17-/m1/s1. The van der Waals surface area contributed by atoms with Gasteiger partial charge in [-0.3, -0.25) is 9.69 Å². The van der Waals surface area contributed by atoms with Crippen LogP contribution in [0.25, 0.3) is 0 Å². The number of benzene rings is 1. The number of piperidine rings is 1. The van der Waals surface area contributed by atoms with Crippen molar-refractivity contribution in [1.29, 1.82) is 0 Å². The molecule has 0 spiro atoms. The fourth-order valence-corrected chi connectivity index (χ4v) is 4.12. The van der Waals surface area contributed by atoms with Crippen LogP contribution in [0, 0.1) is 5.82 Å². The molecule has 2 fully saturated rings. The van der Waals surface area contributed by atoms with E-state index in [4.69, 9.17) is 0 Å². The molecule has 1 aromatic carbocycles. The summed E-state index contributed by atoms with van der Waals surface area (Å²) in [5.74, 6) is 0.678. The lowest BCUT2D eigenvalue weighted by Crippen LogP contribution is -2.56. The first kappa shape index (κ1) is 17.5. The Morgan fingerprint density at radius 2 is 1.88 bits per heavy atom. The minimum atomic E-state index is -0.186. The molecule has 2 heterocycles. The summed E-state index contributed by atoms with van der Waals surface area (Å²) in [6, 6.07) is 7.25. The van der Waals surface area contributed by atoms with E-state index in [1.807, 2.05) is 23.3 Å². The van der Waals surface area contributed by atoms with Crippen LogP contribution >= 0.6 is 11.8 Å². The Balaban J connectivity index is 1.52. The molecule has 1 atom stereocenters. The van der Waals surface area contributed by atoms with Crippen LogP contribution in [-0.4, -0.2) is 73.0 Å². The number of amides is 1. The van der Waals surface area contributed by atoms with Crippen molar-refractivity contribution in [3.05, 3.63) is 30.1 Å². The van der Waals surface area contributed by atoms with Crippen molar-refractivity contribution >= 4 is 23.4 Å². The summed E-state index contributed by atoms with van der Waals surface area (Å²) in [4.78, 5) is 19.0. The van der Waals surface area contributed by atoms with Gasteiger partial charge in [-0.1, -0.05) is 0 Å². The molecule has 132 valence electrons. The average Bonchev–Trinajstić information content (AvgIpc) is 2.63. The van der Waals surface area contributed by atoms with Gasteiger partial charge in [0.15, 0.2) is 0 Å². The Hall–Kier alpha value is -1.27. The zero-order valence-electron chi connectivity index (χ0n) is 14.3. The predicted octanol–water partition coefficient (Wildman–Crippen LogP) is 2.30. The third-order valence-electron chi connectivity index (χ3n) is 5.04. The first-order valence-electron chi connectivity index (χ1n) is 8.68. The van der Waals surface area contributed by atoms with Crippen molar-refractivity contribution in [3.63, 3.8) is 0 Å². The van der Waals surface area contributed by atoms with Crippen LogP contribution in [0.15, 0.2) is 24.3 Å². The smallest absolute Gasteiger partial charge is 0.232 e. The summed E-state index contributed by atoms with van der Waals surface area (Å²) in [6.07, 6.45) is 4.26. The molecule has 4 nitrogen and oxygen atoms in total. The van der Waals surface area contributed by atoms with E-state index >= 15 is 0 Å². The van der Waals surface area contributed by atoms with Gasteiger partial charge < -0.3 is 9.80 Å². The maximum absolute atomic E-state index is 13.1. The number of hydrogen-bond donors (Lipinski definition) is 0. The summed E-state index contributed by atoms with van der Waals surface area (Å²) in [7, 11) is 0. The summed E-state index contributed by atoms with van der Waals surface area (Å²) in [5.41, 5.74) is 1.09. The van der Waals surface area contributed by atoms with Gasteiger partial charge in [-0.05, 0) is 43.4 Å². The van der Waals surface area contributed by atoms with Crippen LogP contribution in [0.2, 0.25) is 0 Å². The molecule has 0 bridgehead atoms. The Morgan fingerprint density at radius 3 is 2.54 bits per heavy atom. The minimum absolute atomic E-state index is 0.186. The molecule has 0 radical (unpaired) electrons. The van der Waals surface area contributed by atoms with Gasteiger partial charge >= 0.3 is 0 Å². The van der Waals surface area contributed by atoms with Gasteiger partial charge in [0.25, 0.3) is 0 Å². The van der Waals surface area contributed by atoms with Crippen molar-refractivity contribution in [2.45, 2.75) is 18.9 Å². The van der Waals surface area contributed by atoms with Gasteiger partial charge in [-0.25, -0.2) is 4.39 Å². The Morgan fingerprint density at radius 1 is 1.17 bits per heavy atom. The first-order chi connectivity index (χ1) is 11.7. The van der Waals surface area contributed by atoms with Crippen molar-refractivity contribution in [1.82, 2.24) is 9.80 Å². The number of thioether (sulfide) groups is 1. The second kappa shape index (κ2) is 8.21. The number of halogens is 1. The van der Waals surface area contributed by atoms with E-state index in [0.29, 0.717) is 11.8 Å². The van der Waals surface area contributed by atoms with E-state index in [1.54, 1.807) is 11.8 Å². The lowest BCUT2D eigenvalue weighted by molar-refractivity contribution is -0.130. The number of anilines is 1. The summed E-state index contributed by atoms with van der Waals surface area (Å²) >= 11 is 1.60. The summed E-state index contributed by atoms with van der Waals surface area (Å²) < 4.78 is 13.1. The van der Waals surface area contributed by atoms with Gasteiger partial charge in [-0.2, -0.15) is 11.8 Å².